The Kier molecular flexibility index (Phi) is 4.64. The van der Waals surface area contributed by atoms with Gasteiger partial charge in [-0.25, -0.2) is 9.97 Å². The minimum Gasteiger partial charge on any atom is -0.356 e. The summed E-state index contributed by atoms with van der Waals surface area (Å²) in [6.45, 7) is 6.84. The summed E-state index contributed by atoms with van der Waals surface area (Å²) in [5, 5.41) is 0. The number of rotatable bonds is 3. The normalized spacial score (nSPS) is 17.7. The summed E-state index contributed by atoms with van der Waals surface area (Å²) < 4.78 is 0. The Bertz CT molecular complexity index is 768. The number of carbonyl (C=O) groups is 1. The predicted octanol–water partition coefficient (Wildman–Crippen LogP) is 1.14. The number of nitrogens with zero attached hydrogens (tertiary/aromatic N) is 7. The van der Waals surface area contributed by atoms with E-state index in [0.717, 1.165) is 43.6 Å². The van der Waals surface area contributed by atoms with Gasteiger partial charge in [-0.1, -0.05) is 0 Å². The second-order valence-corrected chi connectivity index (χ2v) is 6.73. The molecule has 1 amide bonds. The van der Waals surface area contributed by atoms with Crippen molar-refractivity contribution in [1.29, 1.82) is 0 Å². The lowest BCUT2D eigenvalue weighted by molar-refractivity contribution is 0.0740. The Morgan fingerprint density at radius 1 is 0.962 bits per heavy atom. The molecule has 2 aromatic heterocycles. The van der Waals surface area contributed by atoms with Crippen LogP contribution in [0.2, 0.25) is 0 Å². The lowest BCUT2D eigenvalue weighted by Gasteiger charge is -2.35. The SMILES string of the molecule is Cc1cc(N2CCCC2)nc(N2CCN(C(=O)c3cnccn3)CC2)n1. The molecular formula is C18H23N7O. The molecule has 0 saturated carbocycles. The second-order valence-electron chi connectivity index (χ2n) is 6.73. The molecule has 0 radical (unpaired) electrons. The number of aryl methyl sites for hydroxylation is 1. The van der Waals surface area contributed by atoms with Crippen molar-refractivity contribution < 1.29 is 4.79 Å². The van der Waals surface area contributed by atoms with Gasteiger partial charge in [0.1, 0.15) is 11.5 Å². The summed E-state index contributed by atoms with van der Waals surface area (Å²) in [7, 11) is 0. The molecule has 0 unspecified atom stereocenters. The molecule has 2 fully saturated rings. The van der Waals surface area contributed by atoms with Gasteiger partial charge in [0.05, 0.1) is 6.20 Å². The maximum Gasteiger partial charge on any atom is 0.274 e. The Morgan fingerprint density at radius 3 is 2.42 bits per heavy atom. The standard InChI is InChI=1S/C18H23N7O/c1-14-12-16(23-6-2-3-7-23)22-18(21-14)25-10-8-24(9-11-25)17(26)15-13-19-4-5-20-15/h4-5,12-13H,2-3,6-11H2,1H3. The van der Waals surface area contributed by atoms with Gasteiger partial charge in [0.25, 0.3) is 5.91 Å². The smallest absolute Gasteiger partial charge is 0.274 e. The third-order valence-electron chi connectivity index (χ3n) is 4.89. The largest absolute Gasteiger partial charge is 0.356 e. The van der Waals surface area contributed by atoms with E-state index in [2.05, 4.69) is 30.8 Å². The van der Waals surface area contributed by atoms with Crippen molar-refractivity contribution in [2.24, 2.45) is 0 Å². The Hall–Kier alpha value is -2.77. The Balaban J connectivity index is 1.44. The first-order valence-corrected chi connectivity index (χ1v) is 9.11. The molecule has 0 aliphatic carbocycles. The van der Waals surface area contributed by atoms with E-state index < -0.39 is 0 Å². The molecule has 0 bridgehead atoms. The van der Waals surface area contributed by atoms with Crippen LogP contribution in [0, 0.1) is 6.92 Å². The summed E-state index contributed by atoms with van der Waals surface area (Å²) >= 11 is 0. The van der Waals surface area contributed by atoms with Gasteiger partial charge in [-0.3, -0.25) is 9.78 Å². The van der Waals surface area contributed by atoms with E-state index in [1.54, 1.807) is 12.4 Å². The van der Waals surface area contributed by atoms with Crippen molar-refractivity contribution in [1.82, 2.24) is 24.8 Å². The van der Waals surface area contributed by atoms with Crippen LogP contribution in [-0.4, -0.2) is 70.0 Å². The highest BCUT2D eigenvalue weighted by atomic mass is 16.2. The molecule has 0 N–H and O–H groups in total. The van der Waals surface area contributed by atoms with Crippen LogP contribution in [0.3, 0.4) is 0 Å². The average Bonchev–Trinajstić information content (AvgIpc) is 3.23. The highest BCUT2D eigenvalue weighted by molar-refractivity contribution is 5.92. The van der Waals surface area contributed by atoms with Gasteiger partial charge < -0.3 is 14.7 Å². The fourth-order valence-electron chi connectivity index (χ4n) is 3.47. The molecule has 2 aliphatic heterocycles. The molecule has 136 valence electrons. The molecular weight excluding hydrogens is 330 g/mol. The van der Waals surface area contributed by atoms with E-state index in [-0.39, 0.29) is 5.91 Å². The number of hydrogen-bond donors (Lipinski definition) is 0. The number of piperazine rings is 1. The zero-order valence-electron chi connectivity index (χ0n) is 15.0. The van der Waals surface area contributed by atoms with Crippen LogP contribution in [0.25, 0.3) is 0 Å². The van der Waals surface area contributed by atoms with Crippen molar-refractivity contribution in [3.05, 3.63) is 36.0 Å². The average molecular weight is 353 g/mol. The third-order valence-corrected chi connectivity index (χ3v) is 4.89. The number of anilines is 2. The number of hydrogen-bond acceptors (Lipinski definition) is 7. The number of aromatic nitrogens is 4. The summed E-state index contributed by atoms with van der Waals surface area (Å²) in [6.07, 6.45) is 7.08. The van der Waals surface area contributed by atoms with E-state index in [0.29, 0.717) is 18.8 Å². The first-order valence-electron chi connectivity index (χ1n) is 9.11. The molecule has 4 heterocycles. The molecule has 2 aliphatic rings. The van der Waals surface area contributed by atoms with Gasteiger partial charge in [0, 0.05) is 63.4 Å². The molecule has 26 heavy (non-hydrogen) atoms. The quantitative estimate of drug-likeness (QED) is 0.819. The highest BCUT2D eigenvalue weighted by Gasteiger charge is 2.25. The first kappa shape index (κ1) is 16.7. The van der Waals surface area contributed by atoms with Crippen LogP contribution >= 0.6 is 0 Å². The molecule has 8 nitrogen and oxygen atoms in total. The van der Waals surface area contributed by atoms with Crippen molar-refractivity contribution in [2.75, 3.05) is 49.1 Å². The van der Waals surface area contributed by atoms with Crippen LogP contribution in [0.4, 0.5) is 11.8 Å². The molecule has 0 aromatic carbocycles. The van der Waals surface area contributed by atoms with E-state index in [1.165, 1.54) is 19.0 Å². The van der Waals surface area contributed by atoms with E-state index in [4.69, 9.17) is 4.98 Å². The van der Waals surface area contributed by atoms with Crippen LogP contribution in [0.5, 0.6) is 0 Å². The van der Waals surface area contributed by atoms with Crippen molar-refractivity contribution in [2.45, 2.75) is 19.8 Å². The molecule has 4 rings (SSSR count). The minimum atomic E-state index is -0.0688. The Labute approximate surface area is 152 Å². The fourth-order valence-corrected chi connectivity index (χ4v) is 3.47. The monoisotopic (exact) mass is 353 g/mol. The maximum atomic E-state index is 12.5. The van der Waals surface area contributed by atoms with Crippen molar-refractivity contribution in [3.63, 3.8) is 0 Å². The number of amides is 1. The predicted molar refractivity (Wildman–Crippen MR) is 98.4 cm³/mol. The highest BCUT2D eigenvalue weighted by Crippen LogP contribution is 2.22. The van der Waals surface area contributed by atoms with Gasteiger partial charge in [0.2, 0.25) is 5.95 Å². The summed E-state index contributed by atoms with van der Waals surface area (Å²) in [5.74, 6) is 1.71. The van der Waals surface area contributed by atoms with E-state index >= 15 is 0 Å². The van der Waals surface area contributed by atoms with Crippen molar-refractivity contribution in [3.8, 4) is 0 Å². The molecule has 8 heteroatoms. The van der Waals surface area contributed by atoms with Crippen LogP contribution < -0.4 is 9.80 Å². The lowest BCUT2D eigenvalue weighted by atomic mass is 10.3. The lowest BCUT2D eigenvalue weighted by Crippen LogP contribution is -2.49. The topological polar surface area (TPSA) is 78.4 Å². The van der Waals surface area contributed by atoms with Crippen LogP contribution in [0.15, 0.2) is 24.7 Å². The molecule has 2 aromatic rings. The third kappa shape index (κ3) is 3.44. The summed E-state index contributed by atoms with van der Waals surface area (Å²) in [6, 6.07) is 2.06. The molecule has 0 atom stereocenters. The van der Waals surface area contributed by atoms with Gasteiger partial charge >= 0.3 is 0 Å². The second kappa shape index (κ2) is 7.23. The first-order chi connectivity index (χ1) is 12.7. The summed E-state index contributed by atoms with van der Waals surface area (Å²) in [5.41, 5.74) is 1.37. The van der Waals surface area contributed by atoms with Crippen LogP contribution in [0.1, 0.15) is 29.0 Å². The molecule has 2 saturated heterocycles. The maximum absolute atomic E-state index is 12.5. The molecule has 0 spiro atoms. The van der Waals surface area contributed by atoms with Gasteiger partial charge in [0.15, 0.2) is 0 Å². The Morgan fingerprint density at radius 2 is 1.73 bits per heavy atom. The zero-order valence-corrected chi connectivity index (χ0v) is 15.0. The van der Waals surface area contributed by atoms with E-state index in [1.807, 2.05) is 11.8 Å². The van der Waals surface area contributed by atoms with Crippen molar-refractivity contribution >= 4 is 17.7 Å². The van der Waals surface area contributed by atoms with Gasteiger partial charge in [-0.05, 0) is 19.8 Å². The van der Waals surface area contributed by atoms with Gasteiger partial charge in [-0.15, -0.1) is 0 Å². The van der Waals surface area contributed by atoms with Gasteiger partial charge in [-0.2, -0.15) is 4.98 Å². The summed E-state index contributed by atoms with van der Waals surface area (Å²) in [4.78, 5) is 36.3. The number of carbonyl (C=O) groups excluding carboxylic acids is 1. The minimum absolute atomic E-state index is 0.0688. The van der Waals surface area contributed by atoms with E-state index in [9.17, 15) is 4.79 Å². The zero-order chi connectivity index (χ0) is 17.9. The fraction of sp³-hybridized carbons (Fsp3) is 0.500. The van der Waals surface area contributed by atoms with Crippen LogP contribution in [-0.2, 0) is 0 Å².